The van der Waals surface area contributed by atoms with E-state index in [4.69, 9.17) is 0 Å². The molecule has 1 aliphatic heterocycles. The quantitative estimate of drug-likeness (QED) is 0.504. The number of nitrogens with one attached hydrogen (secondary N) is 1. The second-order valence-corrected chi connectivity index (χ2v) is 2.42. The molecule has 0 atom stereocenters. The number of hydrogen-bond acceptors (Lipinski definition) is 3. The van der Waals surface area contributed by atoms with Crippen LogP contribution >= 0.6 is 0 Å². The number of carbonyl (C=O) groups excluding carboxylic acids is 1. The van der Waals surface area contributed by atoms with E-state index in [-0.39, 0.29) is 0 Å². The van der Waals surface area contributed by atoms with Crippen molar-refractivity contribution in [3.05, 3.63) is 5.70 Å². The van der Waals surface area contributed by atoms with Crippen molar-refractivity contribution in [3.8, 4) is 0 Å². The van der Waals surface area contributed by atoms with Crippen molar-refractivity contribution in [1.82, 2.24) is 10.2 Å². The minimum atomic E-state index is 0.724. The summed E-state index contributed by atoms with van der Waals surface area (Å²) in [5, 5.41) is 3.21. The van der Waals surface area contributed by atoms with Crippen LogP contribution in [0.1, 0.15) is 6.92 Å². The van der Waals surface area contributed by atoms with Crippen LogP contribution < -0.4 is 5.32 Å². The molecule has 1 aliphatic rings. The van der Waals surface area contributed by atoms with Gasteiger partial charge in [0, 0.05) is 26.2 Å². The minimum absolute atomic E-state index is 0.724. The summed E-state index contributed by atoms with van der Waals surface area (Å²) in [6.07, 6.45) is 0. The van der Waals surface area contributed by atoms with E-state index in [2.05, 4.69) is 5.32 Å². The van der Waals surface area contributed by atoms with Crippen LogP contribution in [0, 0.1) is 0 Å². The molecule has 1 fully saturated rings. The van der Waals surface area contributed by atoms with E-state index in [0.29, 0.717) is 0 Å². The summed E-state index contributed by atoms with van der Waals surface area (Å²) >= 11 is 0. The number of nitrogens with zero attached hydrogens (tertiary/aromatic N) is 1. The molecule has 0 aromatic carbocycles. The first kappa shape index (κ1) is 7.32. The predicted molar refractivity (Wildman–Crippen MR) is 39.3 cm³/mol. The van der Waals surface area contributed by atoms with Gasteiger partial charge in [-0.15, -0.1) is 0 Å². The molecular formula is C7H12N2O. The Kier molecular flexibility index (Phi) is 2.49. The Balaban J connectivity index is 2.46. The largest absolute Gasteiger partial charge is 0.364 e. The lowest BCUT2D eigenvalue weighted by molar-refractivity contribution is 0.301. The van der Waals surface area contributed by atoms with Crippen LogP contribution in [-0.2, 0) is 4.79 Å². The maximum atomic E-state index is 10.2. The minimum Gasteiger partial charge on any atom is -0.364 e. The van der Waals surface area contributed by atoms with E-state index in [1.54, 1.807) is 6.92 Å². The lowest BCUT2D eigenvalue weighted by Gasteiger charge is -2.27. The second kappa shape index (κ2) is 3.40. The first-order valence-electron chi connectivity index (χ1n) is 3.52. The third kappa shape index (κ3) is 1.59. The zero-order valence-electron chi connectivity index (χ0n) is 6.18. The monoisotopic (exact) mass is 140 g/mol. The van der Waals surface area contributed by atoms with Crippen molar-refractivity contribution < 1.29 is 4.79 Å². The second-order valence-electron chi connectivity index (χ2n) is 2.42. The highest BCUT2D eigenvalue weighted by atomic mass is 16.1. The molecule has 0 bridgehead atoms. The summed E-state index contributed by atoms with van der Waals surface area (Å²) in [7, 11) is 0. The lowest BCUT2D eigenvalue weighted by Crippen LogP contribution is -2.42. The van der Waals surface area contributed by atoms with Gasteiger partial charge in [0.05, 0.1) is 5.70 Å². The third-order valence-electron chi connectivity index (χ3n) is 1.74. The third-order valence-corrected chi connectivity index (χ3v) is 1.74. The zero-order valence-corrected chi connectivity index (χ0v) is 6.18. The van der Waals surface area contributed by atoms with Crippen LogP contribution in [0.15, 0.2) is 5.70 Å². The van der Waals surface area contributed by atoms with Crippen LogP contribution in [0.2, 0.25) is 0 Å². The van der Waals surface area contributed by atoms with Gasteiger partial charge in [-0.2, -0.15) is 0 Å². The van der Waals surface area contributed by atoms with Crippen LogP contribution in [-0.4, -0.2) is 37.0 Å². The maximum absolute atomic E-state index is 10.2. The van der Waals surface area contributed by atoms with Gasteiger partial charge in [-0.05, 0) is 6.92 Å². The molecule has 1 rings (SSSR count). The molecule has 0 aliphatic carbocycles. The molecule has 3 heteroatoms. The molecule has 0 saturated carbocycles. The number of allylic oxidation sites excluding steroid dienone is 1. The highest BCUT2D eigenvalue weighted by molar-refractivity contribution is 5.50. The van der Waals surface area contributed by atoms with Crippen LogP contribution in [0.3, 0.4) is 0 Å². The summed E-state index contributed by atoms with van der Waals surface area (Å²) in [6, 6.07) is 0. The molecular weight excluding hydrogens is 128 g/mol. The molecule has 1 N–H and O–H groups in total. The average Bonchev–Trinajstić information content (AvgIpc) is 2.05. The zero-order chi connectivity index (χ0) is 7.40. The van der Waals surface area contributed by atoms with Gasteiger partial charge in [-0.25, -0.2) is 4.79 Å². The Morgan fingerprint density at radius 2 is 2.10 bits per heavy atom. The first-order valence-corrected chi connectivity index (χ1v) is 3.52. The van der Waals surface area contributed by atoms with E-state index < -0.39 is 0 Å². The first-order chi connectivity index (χ1) is 4.84. The summed E-state index contributed by atoms with van der Waals surface area (Å²) in [6.45, 7) is 5.61. The summed E-state index contributed by atoms with van der Waals surface area (Å²) in [5.74, 6) is 1.90. The van der Waals surface area contributed by atoms with Crippen molar-refractivity contribution in [2.45, 2.75) is 6.92 Å². The molecule has 0 unspecified atom stereocenters. The molecule has 0 amide bonds. The number of hydrogen-bond donors (Lipinski definition) is 1. The predicted octanol–water partition coefficient (Wildman–Crippen LogP) is -0.373. The van der Waals surface area contributed by atoms with E-state index in [1.165, 1.54) is 0 Å². The van der Waals surface area contributed by atoms with Gasteiger partial charge in [-0.1, -0.05) is 0 Å². The molecule has 1 saturated heterocycles. The molecule has 1 heterocycles. The lowest BCUT2D eigenvalue weighted by atomic mass is 10.3. The van der Waals surface area contributed by atoms with E-state index in [1.807, 2.05) is 10.8 Å². The Labute approximate surface area is 60.7 Å². The Morgan fingerprint density at radius 3 is 2.60 bits per heavy atom. The average molecular weight is 140 g/mol. The Hall–Kier alpha value is -0.790. The Morgan fingerprint density at radius 1 is 1.50 bits per heavy atom. The van der Waals surface area contributed by atoms with Gasteiger partial charge < -0.3 is 10.2 Å². The van der Waals surface area contributed by atoms with E-state index in [9.17, 15) is 4.79 Å². The van der Waals surface area contributed by atoms with Crippen molar-refractivity contribution in [2.75, 3.05) is 26.2 Å². The molecule has 3 nitrogen and oxygen atoms in total. The van der Waals surface area contributed by atoms with Crippen LogP contribution in [0.5, 0.6) is 0 Å². The standard InChI is InChI=1S/C7H12N2O/c1-7(6-10)9-4-2-8-3-5-9/h8H,2-5H2,1H3. The van der Waals surface area contributed by atoms with Gasteiger partial charge in [0.1, 0.15) is 5.94 Å². The molecule has 0 spiro atoms. The normalized spacial score (nSPS) is 18.3. The summed E-state index contributed by atoms with van der Waals surface area (Å²) in [4.78, 5) is 12.2. The van der Waals surface area contributed by atoms with Gasteiger partial charge >= 0.3 is 0 Å². The molecule has 0 aromatic heterocycles. The van der Waals surface area contributed by atoms with E-state index in [0.717, 1.165) is 31.9 Å². The van der Waals surface area contributed by atoms with Crippen molar-refractivity contribution in [1.29, 1.82) is 0 Å². The van der Waals surface area contributed by atoms with E-state index >= 15 is 0 Å². The molecule has 56 valence electrons. The fourth-order valence-corrected chi connectivity index (χ4v) is 1.06. The van der Waals surface area contributed by atoms with Crippen LogP contribution in [0.4, 0.5) is 0 Å². The molecule has 0 aromatic rings. The summed E-state index contributed by atoms with van der Waals surface area (Å²) in [5.41, 5.74) is 0.724. The van der Waals surface area contributed by atoms with Gasteiger partial charge in [-0.3, -0.25) is 0 Å². The topological polar surface area (TPSA) is 32.3 Å². The van der Waals surface area contributed by atoms with Gasteiger partial charge in [0.2, 0.25) is 0 Å². The fraction of sp³-hybridized carbons (Fsp3) is 0.714. The molecule has 10 heavy (non-hydrogen) atoms. The smallest absolute Gasteiger partial charge is 0.145 e. The van der Waals surface area contributed by atoms with Crippen molar-refractivity contribution >= 4 is 5.94 Å². The Bertz CT molecular complexity index is 155. The highest BCUT2D eigenvalue weighted by Gasteiger charge is 2.08. The van der Waals surface area contributed by atoms with Crippen molar-refractivity contribution in [3.63, 3.8) is 0 Å². The number of rotatable bonds is 1. The highest BCUT2D eigenvalue weighted by Crippen LogP contribution is 1.99. The SMILES string of the molecule is CC(=C=O)N1CCNCC1. The maximum Gasteiger partial charge on any atom is 0.145 e. The van der Waals surface area contributed by atoms with Crippen molar-refractivity contribution in [2.24, 2.45) is 0 Å². The van der Waals surface area contributed by atoms with Gasteiger partial charge in [0.25, 0.3) is 0 Å². The molecule has 0 radical (unpaired) electrons. The van der Waals surface area contributed by atoms with Gasteiger partial charge in [0.15, 0.2) is 0 Å². The van der Waals surface area contributed by atoms with Crippen LogP contribution in [0.25, 0.3) is 0 Å². The fourth-order valence-electron chi connectivity index (χ4n) is 1.06. The summed E-state index contributed by atoms with van der Waals surface area (Å²) < 4.78 is 0. The number of piperazine rings is 1.